The van der Waals surface area contributed by atoms with Gasteiger partial charge >= 0.3 is 0 Å². The maximum atomic E-state index is 12.6. The highest BCUT2D eigenvalue weighted by molar-refractivity contribution is 7.92. The average molecular weight is 389 g/mol. The van der Waals surface area contributed by atoms with Crippen molar-refractivity contribution in [2.45, 2.75) is 25.9 Å². The molecule has 0 spiro atoms. The normalized spacial score (nSPS) is 18.5. The van der Waals surface area contributed by atoms with Crippen molar-refractivity contribution in [1.29, 1.82) is 0 Å². The third-order valence-electron chi connectivity index (χ3n) is 4.32. The minimum absolute atomic E-state index is 0.260. The number of piperidine rings is 1. The van der Waals surface area contributed by atoms with E-state index in [-0.39, 0.29) is 12.6 Å². The molecule has 0 saturated carbocycles. The van der Waals surface area contributed by atoms with Crippen molar-refractivity contribution in [1.82, 2.24) is 14.5 Å². The molecule has 0 amide bonds. The second-order valence-electron chi connectivity index (χ2n) is 6.41. The average Bonchev–Trinajstić information content (AvgIpc) is 2.68. The van der Waals surface area contributed by atoms with Crippen LogP contribution in [0.3, 0.4) is 0 Å². The van der Waals surface area contributed by atoms with Crippen molar-refractivity contribution in [3.63, 3.8) is 0 Å². The molecule has 0 radical (unpaired) electrons. The van der Waals surface area contributed by atoms with Crippen LogP contribution < -0.4 is 9.47 Å². The van der Waals surface area contributed by atoms with Gasteiger partial charge in [-0.15, -0.1) is 10.2 Å². The van der Waals surface area contributed by atoms with Crippen LogP contribution in [0.2, 0.25) is 0 Å². The van der Waals surface area contributed by atoms with Crippen LogP contribution in [0, 0.1) is 6.92 Å². The summed E-state index contributed by atoms with van der Waals surface area (Å²) in [6, 6.07) is 11.0. The number of hydrogen-bond acceptors (Lipinski definition) is 6. The second-order valence-corrected chi connectivity index (χ2v) is 8.23. The lowest BCUT2D eigenvalue weighted by Crippen LogP contribution is -2.43. The molecule has 1 aliphatic rings. The molecule has 2 aromatic rings. The highest BCUT2D eigenvalue weighted by Crippen LogP contribution is 2.20. The van der Waals surface area contributed by atoms with Gasteiger partial charge in [-0.2, -0.15) is 4.31 Å². The summed E-state index contributed by atoms with van der Waals surface area (Å²) in [5.74, 6) is 0.756. The fraction of sp³-hybridized carbons (Fsp3) is 0.368. The number of nitrogens with zero attached hydrogens (tertiary/aromatic N) is 3. The number of aromatic nitrogens is 2. The summed E-state index contributed by atoms with van der Waals surface area (Å²) in [6.45, 7) is 2.76. The van der Waals surface area contributed by atoms with Crippen LogP contribution in [0.15, 0.2) is 41.8 Å². The van der Waals surface area contributed by atoms with E-state index in [9.17, 15) is 8.42 Å². The first-order chi connectivity index (χ1) is 13.0. The first kappa shape index (κ1) is 19.3. The molecule has 2 heterocycles. The van der Waals surface area contributed by atoms with Crippen LogP contribution in [0.4, 0.5) is 0 Å². The Balaban J connectivity index is 1.64. The van der Waals surface area contributed by atoms with Gasteiger partial charge in [-0.05, 0) is 31.4 Å². The smallest absolute Gasteiger partial charge is 0.236 e. The molecule has 8 heteroatoms. The molecule has 27 heavy (non-hydrogen) atoms. The fourth-order valence-electron chi connectivity index (χ4n) is 2.81. The zero-order valence-electron chi connectivity index (χ0n) is 15.4. The number of rotatable bonds is 6. The van der Waals surface area contributed by atoms with Gasteiger partial charge in [0.25, 0.3) is 0 Å². The van der Waals surface area contributed by atoms with Gasteiger partial charge in [0, 0.05) is 24.1 Å². The lowest BCUT2D eigenvalue weighted by molar-refractivity contribution is 0.124. The molecule has 7 nitrogen and oxygen atoms in total. The Kier molecular flexibility index (Phi) is 6.08. The quantitative estimate of drug-likeness (QED) is 0.755. The van der Waals surface area contributed by atoms with Crippen LogP contribution in [0.1, 0.15) is 24.0 Å². The van der Waals surface area contributed by atoms with E-state index in [4.69, 9.17) is 9.47 Å². The summed E-state index contributed by atoms with van der Waals surface area (Å²) in [6.07, 6.45) is 2.85. The Bertz CT molecular complexity index is 880. The molecule has 0 N–H and O–H groups in total. The number of methoxy groups -OCH3 is 1. The van der Waals surface area contributed by atoms with Crippen molar-refractivity contribution in [2.75, 3.05) is 20.2 Å². The third kappa shape index (κ3) is 5.27. The lowest BCUT2D eigenvalue weighted by Gasteiger charge is -2.30. The predicted molar refractivity (Wildman–Crippen MR) is 103 cm³/mol. The Morgan fingerprint density at radius 2 is 1.81 bits per heavy atom. The van der Waals surface area contributed by atoms with E-state index in [0.717, 1.165) is 24.0 Å². The summed E-state index contributed by atoms with van der Waals surface area (Å²) in [5, 5.41) is 9.05. The van der Waals surface area contributed by atoms with E-state index in [2.05, 4.69) is 10.2 Å². The molecule has 144 valence electrons. The maximum Gasteiger partial charge on any atom is 0.236 e. The summed E-state index contributed by atoms with van der Waals surface area (Å²) in [4.78, 5) is 0. The van der Waals surface area contributed by atoms with Crippen LogP contribution >= 0.6 is 0 Å². The van der Waals surface area contributed by atoms with E-state index in [0.29, 0.717) is 18.3 Å². The van der Waals surface area contributed by atoms with Crippen LogP contribution in [0.5, 0.6) is 11.8 Å². The number of sulfonamides is 1. The maximum absolute atomic E-state index is 12.6. The van der Waals surface area contributed by atoms with Crippen molar-refractivity contribution < 1.29 is 17.9 Å². The van der Waals surface area contributed by atoms with Crippen molar-refractivity contribution >= 4 is 16.1 Å². The van der Waals surface area contributed by atoms with Crippen LogP contribution in [0.25, 0.3) is 6.08 Å². The van der Waals surface area contributed by atoms with E-state index in [1.165, 1.54) is 16.8 Å². The van der Waals surface area contributed by atoms with Crippen molar-refractivity contribution in [2.24, 2.45) is 0 Å². The SMILES string of the molecule is COc1ccc(OC2CCCN(S(=O)(=O)/C=C/c3ccc(C)cc3)C2)nn1. The monoisotopic (exact) mass is 389 g/mol. The third-order valence-corrected chi connectivity index (χ3v) is 5.85. The molecule has 0 aliphatic carbocycles. The molecule has 1 atom stereocenters. The zero-order chi connectivity index (χ0) is 19.3. The van der Waals surface area contributed by atoms with Crippen molar-refractivity contribution in [3.05, 3.63) is 52.9 Å². The highest BCUT2D eigenvalue weighted by Gasteiger charge is 2.28. The molecule has 0 bridgehead atoms. The van der Waals surface area contributed by atoms with Gasteiger partial charge in [-0.1, -0.05) is 29.8 Å². The Hall–Kier alpha value is -2.45. The van der Waals surface area contributed by atoms with Crippen LogP contribution in [-0.4, -0.2) is 49.2 Å². The minimum Gasteiger partial charge on any atom is -0.480 e. The van der Waals surface area contributed by atoms with E-state index < -0.39 is 10.0 Å². The van der Waals surface area contributed by atoms with Gasteiger partial charge in [0.2, 0.25) is 21.8 Å². The van der Waals surface area contributed by atoms with Gasteiger partial charge < -0.3 is 9.47 Å². The lowest BCUT2D eigenvalue weighted by atomic mass is 10.1. The standard InChI is InChI=1S/C19H23N3O4S/c1-15-5-7-16(8-6-15)11-13-27(23,24)22-12-3-4-17(14-22)26-19-10-9-18(25-2)20-21-19/h5-11,13,17H,3-4,12,14H2,1-2H3/b13-11+. The highest BCUT2D eigenvalue weighted by atomic mass is 32.2. The van der Waals surface area contributed by atoms with Crippen molar-refractivity contribution in [3.8, 4) is 11.8 Å². The fourth-order valence-corrected chi connectivity index (χ4v) is 4.07. The molecule has 1 saturated heterocycles. The van der Waals surface area contributed by atoms with E-state index in [1.54, 1.807) is 18.2 Å². The van der Waals surface area contributed by atoms with Crippen LogP contribution in [-0.2, 0) is 10.0 Å². The molecule has 1 aromatic carbocycles. The second kappa shape index (κ2) is 8.49. The van der Waals surface area contributed by atoms with Gasteiger partial charge in [0.1, 0.15) is 6.10 Å². The summed E-state index contributed by atoms with van der Waals surface area (Å²) < 4.78 is 37.5. The summed E-state index contributed by atoms with van der Waals surface area (Å²) >= 11 is 0. The molecule has 1 fully saturated rings. The molecule has 1 aliphatic heterocycles. The number of aryl methyl sites for hydroxylation is 1. The minimum atomic E-state index is -3.51. The Morgan fingerprint density at radius 3 is 2.48 bits per heavy atom. The van der Waals surface area contributed by atoms with E-state index in [1.807, 2.05) is 31.2 Å². The topological polar surface area (TPSA) is 81.6 Å². The zero-order valence-corrected chi connectivity index (χ0v) is 16.2. The summed E-state index contributed by atoms with van der Waals surface area (Å²) in [5.41, 5.74) is 1.98. The predicted octanol–water partition coefficient (Wildman–Crippen LogP) is 2.64. The molecular weight excluding hydrogens is 366 g/mol. The Labute approximate surface area is 159 Å². The Morgan fingerprint density at radius 1 is 1.11 bits per heavy atom. The number of ether oxygens (including phenoxy) is 2. The molecule has 3 rings (SSSR count). The number of hydrogen-bond donors (Lipinski definition) is 0. The molecule has 1 unspecified atom stereocenters. The molecular formula is C19H23N3O4S. The summed E-state index contributed by atoms with van der Waals surface area (Å²) in [7, 11) is -2.00. The largest absolute Gasteiger partial charge is 0.480 e. The van der Waals surface area contributed by atoms with Gasteiger partial charge in [-0.3, -0.25) is 0 Å². The first-order valence-corrected chi connectivity index (χ1v) is 10.3. The van der Waals surface area contributed by atoms with Gasteiger partial charge in [0.05, 0.1) is 13.7 Å². The first-order valence-electron chi connectivity index (χ1n) is 8.75. The van der Waals surface area contributed by atoms with Gasteiger partial charge in [0.15, 0.2) is 0 Å². The molecule has 1 aromatic heterocycles. The van der Waals surface area contributed by atoms with E-state index >= 15 is 0 Å². The number of benzene rings is 1. The van der Waals surface area contributed by atoms with Gasteiger partial charge in [-0.25, -0.2) is 8.42 Å².